The van der Waals surface area contributed by atoms with Crippen LogP contribution in [0.15, 0.2) is 36.4 Å². The van der Waals surface area contributed by atoms with Gasteiger partial charge in [0.25, 0.3) is 0 Å². The lowest BCUT2D eigenvalue weighted by Crippen LogP contribution is -2.42. The quantitative estimate of drug-likeness (QED) is 0.764. The summed E-state index contributed by atoms with van der Waals surface area (Å²) in [6, 6.07) is 11.4. The highest BCUT2D eigenvalue weighted by molar-refractivity contribution is 5.93. The van der Waals surface area contributed by atoms with E-state index in [1.54, 1.807) is 0 Å². The van der Waals surface area contributed by atoms with Gasteiger partial charge in [-0.15, -0.1) is 24.8 Å². The lowest BCUT2D eigenvalue weighted by molar-refractivity contribution is -0.121. The zero-order valence-electron chi connectivity index (χ0n) is 15.9. The first-order valence-electron chi connectivity index (χ1n) is 9.62. The van der Waals surface area contributed by atoms with Crippen molar-refractivity contribution in [3.05, 3.63) is 36.4 Å². The number of hydrogen-bond acceptors (Lipinski definition) is 5. The molecular formula is C21H25Cl2N3O3. The van der Waals surface area contributed by atoms with E-state index in [-0.39, 0.29) is 42.7 Å². The summed E-state index contributed by atoms with van der Waals surface area (Å²) in [5, 5.41) is 2.99. The standard InChI is InChI=1S/C21H23N3O3.2ClH/c22-20-14-5-4-13(10-14)19(20)21(25)24-18-3-1-2-15(23-18)12-6-7-16-17(11-12)27-9-8-26-16;;/h1-3,6-7,11,13-14,19-20H,4-5,8-10,22H2,(H,23,24,25);2*1H. The number of aromatic nitrogens is 1. The van der Waals surface area contributed by atoms with Crippen molar-refractivity contribution in [3.8, 4) is 22.8 Å². The van der Waals surface area contributed by atoms with Crippen molar-refractivity contribution in [2.24, 2.45) is 23.5 Å². The number of anilines is 1. The molecule has 2 fully saturated rings. The zero-order valence-corrected chi connectivity index (χ0v) is 17.5. The third kappa shape index (κ3) is 4.02. The summed E-state index contributed by atoms with van der Waals surface area (Å²) in [5.41, 5.74) is 8.00. The molecule has 1 amide bonds. The van der Waals surface area contributed by atoms with Gasteiger partial charge in [-0.1, -0.05) is 6.07 Å². The van der Waals surface area contributed by atoms with Gasteiger partial charge >= 0.3 is 0 Å². The van der Waals surface area contributed by atoms with Crippen molar-refractivity contribution in [1.82, 2.24) is 4.98 Å². The first-order chi connectivity index (χ1) is 13.2. The molecule has 4 unspecified atom stereocenters. The Bertz CT molecular complexity index is 893. The van der Waals surface area contributed by atoms with Crippen LogP contribution in [0.2, 0.25) is 0 Å². The van der Waals surface area contributed by atoms with E-state index >= 15 is 0 Å². The van der Waals surface area contributed by atoms with Crippen LogP contribution in [0, 0.1) is 17.8 Å². The second-order valence-corrected chi connectivity index (χ2v) is 7.69. The molecule has 0 spiro atoms. The summed E-state index contributed by atoms with van der Waals surface area (Å²) in [4.78, 5) is 17.4. The number of fused-ring (bicyclic) bond motifs is 3. The Balaban J connectivity index is 0.00000120. The third-order valence-corrected chi connectivity index (χ3v) is 6.12. The zero-order chi connectivity index (χ0) is 18.4. The molecule has 2 aliphatic carbocycles. The van der Waals surface area contributed by atoms with Gasteiger partial charge in [-0.3, -0.25) is 4.79 Å². The molecule has 2 heterocycles. The molecule has 2 aromatic rings. The maximum absolute atomic E-state index is 12.8. The molecular weight excluding hydrogens is 413 g/mol. The minimum absolute atomic E-state index is 0. The lowest BCUT2D eigenvalue weighted by atomic mass is 9.84. The third-order valence-electron chi connectivity index (χ3n) is 6.12. The van der Waals surface area contributed by atoms with Crippen LogP contribution >= 0.6 is 24.8 Å². The van der Waals surface area contributed by atoms with Crippen LogP contribution in [0.4, 0.5) is 5.82 Å². The summed E-state index contributed by atoms with van der Waals surface area (Å²) >= 11 is 0. The number of nitrogens with two attached hydrogens (primary N) is 1. The van der Waals surface area contributed by atoms with Gasteiger partial charge in [-0.05, 0) is 61.4 Å². The molecule has 2 bridgehead atoms. The lowest BCUT2D eigenvalue weighted by Gasteiger charge is -2.26. The Labute approximate surface area is 182 Å². The molecule has 1 aromatic carbocycles. The van der Waals surface area contributed by atoms with Crippen LogP contribution in [0.1, 0.15) is 19.3 Å². The van der Waals surface area contributed by atoms with Crippen LogP contribution in [0.5, 0.6) is 11.5 Å². The van der Waals surface area contributed by atoms with Gasteiger partial charge in [0.05, 0.1) is 11.6 Å². The van der Waals surface area contributed by atoms with Crippen molar-refractivity contribution < 1.29 is 14.3 Å². The molecule has 3 N–H and O–H groups in total. The minimum Gasteiger partial charge on any atom is -0.486 e. The van der Waals surface area contributed by atoms with Crippen molar-refractivity contribution in [2.45, 2.75) is 25.3 Å². The molecule has 0 radical (unpaired) electrons. The van der Waals surface area contributed by atoms with Crippen LogP contribution < -0.4 is 20.5 Å². The maximum atomic E-state index is 12.8. The van der Waals surface area contributed by atoms with E-state index in [0.29, 0.717) is 30.9 Å². The number of carbonyl (C=O) groups is 1. The number of pyridine rings is 1. The number of benzene rings is 1. The summed E-state index contributed by atoms with van der Waals surface area (Å²) in [5.74, 6) is 2.86. The molecule has 6 nitrogen and oxygen atoms in total. The normalized spacial score (nSPS) is 26.2. The van der Waals surface area contributed by atoms with E-state index in [2.05, 4.69) is 10.3 Å². The van der Waals surface area contributed by atoms with Crippen molar-refractivity contribution >= 4 is 36.5 Å². The molecule has 29 heavy (non-hydrogen) atoms. The largest absolute Gasteiger partial charge is 0.486 e. The Hall–Kier alpha value is -2.02. The van der Waals surface area contributed by atoms with E-state index < -0.39 is 0 Å². The smallest absolute Gasteiger partial charge is 0.230 e. The van der Waals surface area contributed by atoms with Gasteiger partial charge in [0.2, 0.25) is 5.91 Å². The molecule has 0 saturated heterocycles. The highest BCUT2D eigenvalue weighted by Crippen LogP contribution is 2.47. The number of ether oxygens (including phenoxy) is 2. The molecule has 4 atom stereocenters. The Kier molecular flexibility index (Phi) is 6.56. The second kappa shape index (κ2) is 8.78. The SMILES string of the molecule is Cl.Cl.NC1C2CCC(C2)C1C(=O)Nc1cccc(-c2ccc3c(c2)OCCO3)n1. The van der Waals surface area contributed by atoms with Gasteiger partial charge in [0.15, 0.2) is 11.5 Å². The summed E-state index contributed by atoms with van der Waals surface area (Å²) in [7, 11) is 0. The van der Waals surface area contributed by atoms with E-state index in [1.807, 2.05) is 36.4 Å². The van der Waals surface area contributed by atoms with Gasteiger partial charge in [-0.2, -0.15) is 0 Å². The fourth-order valence-corrected chi connectivity index (χ4v) is 4.80. The molecule has 3 aliphatic rings. The fourth-order valence-electron chi connectivity index (χ4n) is 4.80. The Morgan fingerprint density at radius 2 is 1.79 bits per heavy atom. The number of nitrogens with one attached hydrogen (secondary N) is 1. The monoisotopic (exact) mass is 437 g/mol. The topological polar surface area (TPSA) is 86.5 Å². The van der Waals surface area contributed by atoms with Crippen molar-refractivity contribution in [1.29, 1.82) is 0 Å². The number of hydrogen-bond donors (Lipinski definition) is 2. The molecule has 156 valence electrons. The average molecular weight is 438 g/mol. The first kappa shape index (κ1) is 21.7. The predicted octanol–water partition coefficient (Wildman–Crippen LogP) is 3.68. The maximum Gasteiger partial charge on any atom is 0.230 e. The minimum atomic E-state index is -0.0940. The van der Waals surface area contributed by atoms with Crippen LogP contribution in [0.25, 0.3) is 11.3 Å². The van der Waals surface area contributed by atoms with E-state index in [4.69, 9.17) is 15.2 Å². The Morgan fingerprint density at radius 1 is 1.03 bits per heavy atom. The molecule has 5 rings (SSSR count). The van der Waals surface area contributed by atoms with Crippen LogP contribution in [0.3, 0.4) is 0 Å². The molecule has 1 aliphatic heterocycles. The van der Waals surface area contributed by atoms with Crippen LogP contribution in [-0.4, -0.2) is 30.1 Å². The summed E-state index contributed by atoms with van der Waals surface area (Å²) in [6.45, 7) is 1.11. The van der Waals surface area contributed by atoms with Gasteiger partial charge in [0.1, 0.15) is 19.0 Å². The van der Waals surface area contributed by atoms with Crippen LogP contribution in [-0.2, 0) is 4.79 Å². The van der Waals surface area contributed by atoms with Gasteiger partial charge in [-0.25, -0.2) is 4.98 Å². The fraction of sp³-hybridized carbons (Fsp3) is 0.429. The van der Waals surface area contributed by atoms with Crippen molar-refractivity contribution in [3.63, 3.8) is 0 Å². The van der Waals surface area contributed by atoms with E-state index in [0.717, 1.165) is 42.0 Å². The number of halogens is 2. The van der Waals surface area contributed by atoms with Crippen molar-refractivity contribution in [2.75, 3.05) is 18.5 Å². The number of nitrogens with zero attached hydrogens (tertiary/aromatic N) is 1. The first-order valence-corrected chi connectivity index (χ1v) is 9.62. The van der Waals surface area contributed by atoms with Gasteiger partial charge in [0, 0.05) is 11.6 Å². The highest BCUT2D eigenvalue weighted by Gasteiger charge is 2.49. The highest BCUT2D eigenvalue weighted by atomic mass is 35.5. The molecule has 2 saturated carbocycles. The number of rotatable bonds is 3. The summed E-state index contributed by atoms with van der Waals surface area (Å²) < 4.78 is 11.2. The number of carbonyl (C=O) groups excluding carboxylic acids is 1. The second-order valence-electron chi connectivity index (χ2n) is 7.69. The Morgan fingerprint density at radius 3 is 2.55 bits per heavy atom. The number of amides is 1. The van der Waals surface area contributed by atoms with Gasteiger partial charge < -0.3 is 20.5 Å². The molecule has 1 aromatic heterocycles. The van der Waals surface area contributed by atoms with E-state index in [1.165, 1.54) is 0 Å². The molecule has 8 heteroatoms. The van der Waals surface area contributed by atoms with E-state index in [9.17, 15) is 4.79 Å². The average Bonchev–Trinajstić information content (AvgIpc) is 3.29. The predicted molar refractivity (Wildman–Crippen MR) is 116 cm³/mol. The summed E-state index contributed by atoms with van der Waals surface area (Å²) in [6.07, 6.45) is 3.36.